The monoisotopic (exact) mass is 226 g/mol. The molecule has 0 radical (unpaired) electrons. The second-order valence-electron chi connectivity index (χ2n) is 5.65. The van der Waals surface area contributed by atoms with Gasteiger partial charge in [-0.05, 0) is 25.2 Å². The first-order valence-electron chi connectivity index (χ1n) is 5.88. The molecule has 0 aromatic carbocycles. The Morgan fingerprint density at radius 3 is 2.31 bits per heavy atom. The Kier molecular flexibility index (Phi) is 3.94. The molecule has 16 heavy (non-hydrogen) atoms. The minimum absolute atomic E-state index is 0.0126. The molecule has 1 fully saturated rings. The van der Waals surface area contributed by atoms with Crippen LogP contribution < -0.4 is 10.6 Å². The molecule has 0 aliphatic heterocycles. The number of hydrogen-bond donors (Lipinski definition) is 2. The maximum absolute atomic E-state index is 11.5. The Hall–Kier alpha value is -1.06. The van der Waals surface area contributed by atoms with Crippen LogP contribution in [0, 0.1) is 11.3 Å². The lowest BCUT2D eigenvalue weighted by atomic mass is 9.88. The van der Waals surface area contributed by atoms with Gasteiger partial charge in [0.05, 0.1) is 6.54 Å². The SMILES string of the molecule is C[C@@H](NC(=O)CNC(=O)C1CC1)C(C)(C)C. The van der Waals surface area contributed by atoms with E-state index in [1.54, 1.807) is 0 Å². The molecule has 2 amide bonds. The van der Waals surface area contributed by atoms with Crippen LogP contribution in [-0.2, 0) is 9.59 Å². The lowest BCUT2D eigenvalue weighted by Gasteiger charge is -2.28. The Morgan fingerprint density at radius 1 is 1.31 bits per heavy atom. The second kappa shape index (κ2) is 4.85. The molecule has 0 spiro atoms. The van der Waals surface area contributed by atoms with Gasteiger partial charge in [-0.15, -0.1) is 0 Å². The van der Waals surface area contributed by atoms with Crippen LogP contribution in [0.25, 0.3) is 0 Å². The van der Waals surface area contributed by atoms with Crippen molar-refractivity contribution in [1.29, 1.82) is 0 Å². The highest BCUT2D eigenvalue weighted by molar-refractivity contribution is 5.86. The summed E-state index contributed by atoms with van der Waals surface area (Å²) < 4.78 is 0. The Balaban J connectivity index is 2.22. The number of amides is 2. The zero-order chi connectivity index (χ0) is 12.3. The lowest BCUT2D eigenvalue weighted by Crippen LogP contribution is -2.46. The first-order valence-corrected chi connectivity index (χ1v) is 5.88. The van der Waals surface area contributed by atoms with E-state index in [2.05, 4.69) is 31.4 Å². The highest BCUT2D eigenvalue weighted by Gasteiger charge is 2.29. The third-order valence-electron chi connectivity index (χ3n) is 3.05. The van der Waals surface area contributed by atoms with Crippen LogP contribution >= 0.6 is 0 Å². The third-order valence-corrected chi connectivity index (χ3v) is 3.05. The van der Waals surface area contributed by atoms with Crippen molar-refractivity contribution in [1.82, 2.24) is 10.6 Å². The molecule has 1 atom stereocenters. The fourth-order valence-corrected chi connectivity index (χ4v) is 1.17. The molecule has 0 bridgehead atoms. The number of rotatable bonds is 4. The van der Waals surface area contributed by atoms with Crippen molar-refractivity contribution in [3.8, 4) is 0 Å². The second-order valence-corrected chi connectivity index (χ2v) is 5.65. The summed E-state index contributed by atoms with van der Waals surface area (Å²) in [5.74, 6) is 0.0582. The van der Waals surface area contributed by atoms with E-state index in [0.717, 1.165) is 12.8 Å². The molecule has 0 aromatic heterocycles. The van der Waals surface area contributed by atoms with Crippen molar-refractivity contribution in [3.63, 3.8) is 0 Å². The smallest absolute Gasteiger partial charge is 0.239 e. The Bertz CT molecular complexity index is 277. The molecular weight excluding hydrogens is 204 g/mol. The van der Waals surface area contributed by atoms with Gasteiger partial charge in [0.15, 0.2) is 0 Å². The predicted octanol–water partition coefficient (Wildman–Crippen LogP) is 1.06. The van der Waals surface area contributed by atoms with E-state index in [1.165, 1.54) is 0 Å². The molecule has 1 aliphatic rings. The van der Waals surface area contributed by atoms with Crippen molar-refractivity contribution in [2.45, 2.75) is 46.6 Å². The van der Waals surface area contributed by atoms with E-state index < -0.39 is 0 Å². The van der Waals surface area contributed by atoms with Gasteiger partial charge in [0.25, 0.3) is 0 Å². The summed E-state index contributed by atoms with van der Waals surface area (Å²) in [5.41, 5.74) is 0.0379. The first-order chi connectivity index (χ1) is 7.30. The molecule has 1 aliphatic carbocycles. The van der Waals surface area contributed by atoms with Gasteiger partial charge in [0, 0.05) is 12.0 Å². The maximum Gasteiger partial charge on any atom is 0.239 e. The van der Waals surface area contributed by atoms with Crippen LogP contribution in [-0.4, -0.2) is 24.4 Å². The van der Waals surface area contributed by atoms with E-state index in [-0.39, 0.29) is 35.7 Å². The molecular formula is C12H22N2O2. The van der Waals surface area contributed by atoms with E-state index in [0.29, 0.717) is 0 Å². The van der Waals surface area contributed by atoms with Crippen LogP contribution in [0.15, 0.2) is 0 Å². The van der Waals surface area contributed by atoms with Crippen LogP contribution in [0.2, 0.25) is 0 Å². The molecule has 0 saturated heterocycles. The van der Waals surface area contributed by atoms with Gasteiger partial charge in [-0.25, -0.2) is 0 Å². The number of hydrogen-bond acceptors (Lipinski definition) is 2. The topological polar surface area (TPSA) is 58.2 Å². The summed E-state index contributed by atoms with van der Waals surface area (Å²) >= 11 is 0. The quantitative estimate of drug-likeness (QED) is 0.753. The zero-order valence-electron chi connectivity index (χ0n) is 10.6. The number of nitrogens with one attached hydrogen (secondary N) is 2. The lowest BCUT2D eigenvalue weighted by molar-refractivity contribution is -0.127. The zero-order valence-corrected chi connectivity index (χ0v) is 10.6. The minimum atomic E-state index is -0.114. The minimum Gasteiger partial charge on any atom is -0.352 e. The number of carbonyl (C=O) groups excluding carboxylic acids is 2. The van der Waals surface area contributed by atoms with Gasteiger partial charge in [-0.2, -0.15) is 0 Å². The molecule has 0 aromatic rings. The standard InChI is InChI=1S/C12H22N2O2/c1-8(12(2,3)4)14-10(15)7-13-11(16)9-5-6-9/h8-9H,5-7H2,1-4H3,(H,13,16)(H,14,15)/t8-/m1/s1. The summed E-state index contributed by atoms with van der Waals surface area (Å²) in [6, 6.07) is 0.0952. The summed E-state index contributed by atoms with van der Waals surface area (Å²) in [6.07, 6.45) is 1.93. The Morgan fingerprint density at radius 2 is 1.88 bits per heavy atom. The fourth-order valence-electron chi connectivity index (χ4n) is 1.17. The highest BCUT2D eigenvalue weighted by atomic mass is 16.2. The average molecular weight is 226 g/mol. The van der Waals surface area contributed by atoms with Crippen LogP contribution in [0.5, 0.6) is 0 Å². The largest absolute Gasteiger partial charge is 0.352 e. The Labute approximate surface area is 97.2 Å². The van der Waals surface area contributed by atoms with Crippen molar-refractivity contribution in [3.05, 3.63) is 0 Å². The molecule has 0 unspecified atom stereocenters. The highest BCUT2D eigenvalue weighted by Crippen LogP contribution is 2.28. The van der Waals surface area contributed by atoms with Crippen LogP contribution in [0.4, 0.5) is 0 Å². The van der Waals surface area contributed by atoms with Crippen molar-refractivity contribution < 1.29 is 9.59 Å². The molecule has 92 valence electrons. The van der Waals surface area contributed by atoms with Crippen molar-refractivity contribution in [2.75, 3.05) is 6.54 Å². The molecule has 0 heterocycles. The van der Waals surface area contributed by atoms with Gasteiger partial charge >= 0.3 is 0 Å². The average Bonchev–Trinajstić information content (AvgIpc) is 2.95. The fraction of sp³-hybridized carbons (Fsp3) is 0.833. The summed E-state index contributed by atoms with van der Waals surface area (Å²) in [4.78, 5) is 22.8. The van der Waals surface area contributed by atoms with Gasteiger partial charge in [0.2, 0.25) is 11.8 Å². The van der Waals surface area contributed by atoms with E-state index >= 15 is 0 Å². The molecule has 2 N–H and O–H groups in total. The predicted molar refractivity (Wildman–Crippen MR) is 62.8 cm³/mol. The molecule has 1 rings (SSSR count). The van der Waals surface area contributed by atoms with E-state index in [9.17, 15) is 9.59 Å². The van der Waals surface area contributed by atoms with Gasteiger partial charge < -0.3 is 10.6 Å². The van der Waals surface area contributed by atoms with Crippen molar-refractivity contribution in [2.24, 2.45) is 11.3 Å². The van der Waals surface area contributed by atoms with E-state index in [4.69, 9.17) is 0 Å². The van der Waals surface area contributed by atoms with Gasteiger partial charge in [0.1, 0.15) is 0 Å². The van der Waals surface area contributed by atoms with Crippen LogP contribution in [0.3, 0.4) is 0 Å². The molecule has 4 nitrogen and oxygen atoms in total. The van der Waals surface area contributed by atoms with Crippen LogP contribution in [0.1, 0.15) is 40.5 Å². The normalized spacial score (nSPS) is 17.8. The van der Waals surface area contributed by atoms with Gasteiger partial charge in [-0.3, -0.25) is 9.59 Å². The third kappa shape index (κ3) is 4.21. The molecule has 4 heteroatoms. The summed E-state index contributed by atoms with van der Waals surface area (Å²) in [5, 5.41) is 5.53. The number of carbonyl (C=O) groups is 2. The summed E-state index contributed by atoms with van der Waals surface area (Å²) in [7, 11) is 0. The van der Waals surface area contributed by atoms with Gasteiger partial charge in [-0.1, -0.05) is 20.8 Å². The first kappa shape index (κ1) is 13.0. The maximum atomic E-state index is 11.5. The molecule has 1 saturated carbocycles. The van der Waals surface area contributed by atoms with Crippen molar-refractivity contribution >= 4 is 11.8 Å². The summed E-state index contributed by atoms with van der Waals surface area (Å²) in [6.45, 7) is 8.28. The van der Waals surface area contributed by atoms with E-state index in [1.807, 2.05) is 6.92 Å².